The molecule has 0 saturated heterocycles. The predicted octanol–water partition coefficient (Wildman–Crippen LogP) is 2.60. The first kappa shape index (κ1) is 19.0. The third kappa shape index (κ3) is 3.36. The molecule has 0 aliphatic heterocycles. The molecular weight excluding hydrogens is 361 g/mol. The van der Waals surface area contributed by atoms with E-state index in [0.717, 1.165) is 0 Å². The van der Waals surface area contributed by atoms with Crippen LogP contribution >= 0.6 is 15.0 Å². The largest absolute Gasteiger partial charge is 0.372 e. The highest BCUT2D eigenvalue weighted by atomic mass is 31.2. The van der Waals surface area contributed by atoms with Crippen LogP contribution in [0.2, 0.25) is 0 Å². The summed E-state index contributed by atoms with van der Waals surface area (Å²) in [6.07, 6.45) is 1.69. The third-order valence-electron chi connectivity index (χ3n) is 3.63. The maximum atomic E-state index is 14.8. The van der Waals surface area contributed by atoms with Crippen molar-refractivity contribution in [1.29, 1.82) is 0 Å². The summed E-state index contributed by atoms with van der Waals surface area (Å²) in [4.78, 5) is 31.9. The van der Waals surface area contributed by atoms with Crippen molar-refractivity contribution in [3.05, 3.63) is 35.5 Å². The molecule has 0 aliphatic carbocycles. The molecule has 2 aromatic heterocycles. The smallest absolute Gasteiger partial charge is 0.361 e. The minimum Gasteiger partial charge on any atom is -0.361 e. The Morgan fingerprint density at radius 3 is 2.33 bits per heavy atom. The maximum Gasteiger partial charge on any atom is 0.372 e. The molecule has 0 aromatic carbocycles. The fourth-order valence-corrected chi connectivity index (χ4v) is 5.17. The van der Waals surface area contributed by atoms with E-state index in [1.54, 1.807) is 13.8 Å². The maximum absolute atomic E-state index is 14.8. The Kier molecular flexibility index (Phi) is 4.87. The Balaban J connectivity index is 2.50. The van der Waals surface area contributed by atoms with Gasteiger partial charge in [-0.3, -0.25) is 14.1 Å². The minimum atomic E-state index is -5.51. The van der Waals surface area contributed by atoms with Gasteiger partial charge in [0.1, 0.15) is 5.76 Å². The Bertz CT molecular complexity index is 814. The van der Waals surface area contributed by atoms with Gasteiger partial charge < -0.3 is 19.2 Å². The highest BCUT2D eigenvalue weighted by Gasteiger charge is 2.59. The second kappa shape index (κ2) is 6.17. The van der Waals surface area contributed by atoms with Gasteiger partial charge in [0.15, 0.2) is 0 Å². The van der Waals surface area contributed by atoms with Gasteiger partial charge in [-0.05, 0) is 25.5 Å². The molecule has 0 radical (unpaired) electrons. The Morgan fingerprint density at radius 2 is 1.88 bits per heavy atom. The second-order valence-corrected chi connectivity index (χ2v) is 10.2. The van der Waals surface area contributed by atoms with Gasteiger partial charge in [0, 0.05) is 36.6 Å². The predicted molar refractivity (Wildman–Crippen MR) is 84.5 cm³/mol. The molecule has 0 amide bonds. The fourth-order valence-electron chi connectivity index (χ4n) is 2.37. The van der Waals surface area contributed by atoms with Gasteiger partial charge in [-0.1, -0.05) is 5.16 Å². The molecule has 0 fully saturated rings. The summed E-state index contributed by atoms with van der Waals surface area (Å²) in [6.45, 7) is 3.95. The van der Waals surface area contributed by atoms with Crippen LogP contribution in [-0.4, -0.2) is 36.6 Å². The number of halogens is 1. The number of aromatic nitrogens is 2. The van der Waals surface area contributed by atoms with E-state index in [-0.39, 0.29) is 5.56 Å². The zero-order chi connectivity index (χ0) is 18.3. The molecule has 2 atom stereocenters. The van der Waals surface area contributed by atoms with Gasteiger partial charge in [0.05, 0.1) is 5.69 Å². The van der Waals surface area contributed by atoms with Crippen LogP contribution in [0.25, 0.3) is 11.1 Å². The first-order chi connectivity index (χ1) is 10.9. The lowest BCUT2D eigenvalue weighted by Gasteiger charge is -2.28. The summed E-state index contributed by atoms with van der Waals surface area (Å²) in [5.41, 5.74) is 1.75. The molecule has 11 heteroatoms. The van der Waals surface area contributed by atoms with Crippen molar-refractivity contribution < 1.29 is 32.7 Å². The molecule has 24 heavy (non-hydrogen) atoms. The molecule has 132 valence electrons. The van der Waals surface area contributed by atoms with Crippen molar-refractivity contribution in [3.63, 3.8) is 0 Å². The highest BCUT2D eigenvalue weighted by Crippen LogP contribution is 2.71. The molecule has 2 rings (SSSR count). The van der Waals surface area contributed by atoms with Crippen LogP contribution in [0.3, 0.4) is 0 Å². The van der Waals surface area contributed by atoms with Crippen LogP contribution in [0.15, 0.2) is 23.0 Å². The van der Waals surface area contributed by atoms with E-state index >= 15 is 0 Å². The molecule has 0 aliphatic rings. The van der Waals surface area contributed by atoms with E-state index in [0.29, 0.717) is 29.2 Å². The first-order valence-corrected chi connectivity index (χ1v) is 10.5. The van der Waals surface area contributed by atoms with Crippen molar-refractivity contribution in [3.8, 4) is 11.1 Å². The lowest BCUT2D eigenvalue weighted by Crippen LogP contribution is -2.26. The van der Waals surface area contributed by atoms with E-state index in [4.69, 9.17) is 4.52 Å². The first-order valence-electron chi connectivity index (χ1n) is 6.79. The van der Waals surface area contributed by atoms with Crippen LogP contribution in [0.1, 0.15) is 17.0 Å². The average molecular weight is 378 g/mol. The Labute approximate surface area is 137 Å². The molecule has 3 N–H and O–H groups in total. The number of rotatable bonds is 5. The Morgan fingerprint density at radius 1 is 1.25 bits per heavy atom. The van der Waals surface area contributed by atoms with Crippen LogP contribution < -0.4 is 0 Å². The number of pyridine rings is 1. The lowest BCUT2D eigenvalue weighted by molar-refractivity contribution is 0.251. The van der Waals surface area contributed by atoms with Crippen LogP contribution in [0.5, 0.6) is 0 Å². The van der Waals surface area contributed by atoms with E-state index in [9.17, 15) is 28.2 Å². The summed E-state index contributed by atoms with van der Waals surface area (Å²) in [6, 6.07) is 1.43. The molecule has 2 heterocycles. The quantitative estimate of drug-likeness (QED) is 0.676. The Hall–Kier alpha value is -1.37. The summed E-state index contributed by atoms with van der Waals surface area (Å²) in [7, 11) is -10.3. The molecular formula is C13H17FN2O6P2. The molecule has 0 bridgehead atoms. The highest BCUT2D eigenvalue weighted by molar-refractivity contribution is 7.74. The lowest BCUT2D eigenvalue weighted by atomic mass is 10.0. The van der Waals surface area contributed by atoms with Crippen molar-refractivity contribution in [2.75, 3.05) is 6.66 Å². The number of alkyl halides is 1. The summed E-state index contributed by atoms with van der Waals surface area (Å²) >= 11 is 0. The molecule has 0 saturated carbocycles. The van der Waals surface area contributed by atoms with Crippen molar-refractivity contribution >= 4 is 15.0 Å². The van der Waals surface area contributed by atoms with Gasteiger partial charge in [-0.2, -0.15) is 0 Å². The third-order valence-corrected chi connectivity index (χ3v) is 8.00. The van der Waals surface area contributed by atoms with E-state index in [1.807, 2.05) is 0 Å². The van der Waals surface area contributed by atoms with Crippen molar-refractivity contribution in [2.24, 2.45) is 0 Å². The topological polar surface area (TPSA) is 134 Å². The van der Waals surface area contributed by atoms with Crippen LogP contribution in [0, 0.1) is 13.8 Å². The molecule has 2 aromatic rings. The van der Waals surface area contributed by atoms with E-state index < -0.39 is 26.5 Å². The van der Waals surface area contributed by atoms with Gasteiger partial charge >= 0.3 is 7.60 Å². The normalized spacial score (nSPS) is 17.3. The molecule has 0 spiro atoms. The summed E-state index contributed by atoms with van der Waals surface area (Å²) < 4.78 is 43.0. The minimum absolute atomic E-state index is 0.0643. The molecule has 8 nitrogen and oxygen atoms in total. The number of nitrogens with zero attached hydrogens (tertiary/aromatic N) is 2. The van der Waals surface area contributed by atoms with Gasteiger partial charge in [0.2, 0.25) is 7.37 Å². The number of hydrogen-bond donors (Lipinski definition) is 3. The average Bonchev–Trinajstić information content (AvgIpc) is 2.76. The molecule has 2 unspecified atom stereocenters. The van der Waals surface area contributed by atoms with Crippen molar-refractivity contribution in [2.45, 2.75) is 25.4 Å². The van der Waals surface area contributed by atoms with Gasteiger partial charge in [-0.25, -0.2) is 4.39 Å². The zero-order valence-corrected chi connectivity index (χ0v) is 15.0. The van der Waals surface area contributed by atoms with Gasteiger partial charge in [-0.15, -0.1) is 0 Å². The zero-order valence-electron chi connectivity index (χ0n) is 13.2. The standard InChI is InChI=1S/C13H17FN2O6P2/c1-8-12(9(2)22-16-8)11-4-10(6-15-7-11)5-13(14,23(3,17)18)24(19,20)21/h4,6-7H,5H2,1-3H3,(H,17,18)(H2,19,20,21). The van der Waals surface area contributed by atoms with Crippen molar-refractivity contribution in [1.82, 2.24) is 10.1 Å². The summed E-state index contributed by atoms with van der Waals surface area (Å²) in [5.74, 6) is 0.497. The second-order valence-electron chi connectivity index (χ2n) is 5.60. The monoisotopic (exact) mass is 378 g/mol. The number of aryl methyl sites for hydroxylation is 2. The van der Waals surface area contributed by atoms with Gasteiger partial charge in [0.25, 0.3) is 5.15 Å². The number of hydrogen-bond acceptors (Lipinski definition) is 5. The summed E-state index contributed by atoms with van der Waals surface area (Å²) in [5, 5.41) is 0.205. The SMILES string of the molecule is Cc1noc(C)c1-c1cncc(CC(F)(P(C)(=O)O)P(=O)(O)O)c1. The van der Waals surface area contributed by atoms with Crippen LogP contribution in [0.4, 0.5) is 4.39 Å². The van der Waals surface area contributed by atoms with Crippen LogP contribution in [-0.2, 0) is 15.6 Å². The fraction of sp³-hybridized carbons (Fsp3) is 0.385. The van der Waals surface area contributed by atoms with E-state index in [2.05, 4.69) is 10.1 Å². The van der Waals surface area contributed by atoms with E-state index in [1.165, 1.54) is 18.5 Å².